The molecule has 0 saturated carbocycles. The van der Waals surface area contributed by atoms with Crippen LogP contribution in [0.25, 0.3) is 0 Å². The second-order valence-electron chi connectivity index (χ2n) is 3.39. The predicted molar refractivity (Wildman–Crippen MR) is 65.5 cm³/mol. The summed E-state index contributed by atoms with van der Waals surface area (Å²) in [6, 6.07) is 5.86. The minimum Gasteiger partial charge on any atom is -0.330 e. The largest absolute Gasteiger partial charge is 0.330 e. The molecule has 0 aliphatic carbocycles. The fourth-order valence-corrected chi connectivity index (χ4v) is 1.17. The number of carbonyl (C=O) groups excluding carboxylic acids is 1. The van der Waals surface area contributed by atoms with Crippen molar-refractivity contribution < 1.29 is 4.79 Å². The molecule has 0 fully saturated rings. The first-order valence-electron chi connectivity index (χ1n) is 4.70. The number of hydrogen-bond acceptors (Lipinski definition) is 2. The molecular weight excluding hydrogens is 212 g/mol. The van der Waals surface area contributed by atoms with Crippen LogP contribution in [0.5, 0.6) is 0 Å². The van der Waals surface area contributed by atoms with Crippen molar-refractivity contribution in [2.75, 3.05) is 11.9 Å². The Kier molecular flexibility index (Phi) is 5.97. The molecule has 0 unspecified atom stereocenters. The van der Waals surface area contributed by atoms with Crippen molar-refractivity contribution in [3.05, 3.63) is 29.3 Å². The Morgan fingerprint density at radius 2 is 2.00 bits per heavy atom. The first-order valence-corrected chi connectivity index (χ1v) is 4.70. The molecule has 0 bridgehead atoms. The summed E-state index contributed by atoms with van der Waals surface area (Å²) in [5.74, 6) is -0.0317. The van der Waals surface area contributed by atoms with Crippen LogP contribution in [-0.4, -0.2) is 12.5 Å². The summed E-state index contributed by atoms with van der Waals surface area (Å²) >= 11 is 0. The number of nitrogens with two attached hydrogens (primary N) is 1. The van der Waals surface area contributed by atoms with Crippen molar-refractivity contribution in [3.63, 3.8) is 0 Å². The van der Waals surface area contributed by atoms with Crippen LogP contribution in [-0.2, 0) is 4.79 Å². The van der Waals surface area contributed by atoms with Gasteiger partial charge in [-0.15, -0.1) is 12.4 Å². The maximum absolute atomic E-state index is 11.2. The van der Waals surface area contributed by atoms with E-state index >= 15 is 0 Å². The third-order valence-corrected chi connectivity index (χ3v) is 2.16. The summed E-state index contributed by atoms with van der Waals surface area (Å²) in [5.41, 5.74) is 8.52. The zero-order chi connectivity index (χ0) is 10.6. The molecule has 3 N–H and O–H groups in total. The highest BCUT2D eigenvalue weighted by atomic mass is 35.5. The van der Waals surface area contributed by atoms with E-state index in [0.29, 0.717) is 13.0 Å². The first kappa shape index (κ1) is 13.9. The van der Waals surface area contributed by atoms with Crippen molar-refractivity contribution >= 4 is 24.0 Å². The van der Waals surface area contributed by atoms with Gasteiger partial charge in [-0.25, -0.2) is 0 Å². The Hall–Kier alpha value is -1.06. The van der Waals surface area contributed by atoms with Crippen molar-refractivity contribution in [2.45, 2.75) is 20.3 Å². The number of amides is 1. The van der Waals surface area contributed by atoms with Crippen LogP contribution in [0.1, 0.15) is 17.5 Å². The lowest BCUT2D eigenvalue weighted by molar-refractivity contribution is -0.116. The molecule has 3 nitrogen and oxygen atoms in total. The summed E-state index contributed by atoms with van der Waals surface area (Å²) < 4.78 is 0. The molecule has 0 radical (unpaired) electrons. The van der Waals surface area contributed by atoms with E-state index in [1.54, 1.807) is 0 Å². The highest BCUT2D eigenvalue weighted by molar-refractivity contribution is 5.90. The molecule has 0 aliphatic rings. The van der Waals surface area contributed by atoms with E-state index < -0.39 is 0 Å². The Bertz CT molecular complexity index is 339. The Morgan fingerprint density at radius 1 is 1.33 bits per heavy atom. The van der Waals surface area contributed by atoms with Crippen LogP contribution in [0, 0.1) is 13.8 Å². The summed E-state index contributed by atoms with van der Waals surface area (Å²) in [5, 5.41) is 2.79. The van der Waals surface area contributed by atoms with Gasteiger partial charge < -0.3 is 11.1 Å². The predicted octanol–water partition coefficient (Wildman–Crippen LogP) is 2.01. The van der Waals surface area contributed by atoms with Crippen LogP contribution < -0.4 is 11.1 Å². The van der Waals surface area contributed by atoms with Crippen LogP contribution in [0.4, 0.5) is 5.69 Å². The van der Waals surface area contributed by atoms with Gasteiger partial charge in [-0.1, -0.05) is 6.07 Å². The average Bonchev–Trinajstić information content (AvgIpc) is 2.12. The average molecular weight is 229 g/mol. The van der Waals surface area contributed by atoms with E-state index in [9.17, 15) is 4.79 Å². The van der Waals surface area contributed by atoms with E-state index in [1.807, 2.05) is 32.0 Å². The van der Waals surface area contributed by atoms with Crippen molar-refractivity contribution in [1.29, 1.82) is 0 Å². The minimum atomic E-state index is -0.0317. The van der Waals surface area contributed by atoms with Gasteiger partial charge in [-0.05, 0) is 37.1 Å². The van der Waals surface area contributed by atoms with Crippen LogP contribution in [0.2, 0.25) is 0 Å². The molecule has 0 spiro atoms. The smallest absolute Gasteiger partial charge is 0.225 e. The van der Waals surface area contributed by atoms with Gasteiger partial charge in [0.05, 0.1) is 0 Å². The van der Waals surface area contributed by atoms with Gasteiger partial charge in [0, 0.05) is 18.7 Å². The fourth-order valence-electron chi connectivity index (χ4n) is 1.17. The molecule has 1 amide bonds. The van der Waals surface area contributed by atoms with E-state index in [0.717, 1.165) is 5.69 Å². The van der Waals surface area contributed by atoms with Crippen molar-refractivity contribution in [1.82, 2.24) is 0 Å². The third kappa shape index (κ3) is 4.32. The quantitative estimate of drug-likeness (QED) is 0.832. The summed E-state index contributed by atoms with van der Waals surface area (Å²) in [6.07, 6.45) is 0.368. The molecule has 0 aliphatic heterocycles. The number of aryl methyl sites for hydroxylation is 2. The lowest BCUT2D eigenvalue weighted by atomic mass is 10.1. The summed E-state index contributed by atoms with van der Waals surface area (Å²) in [6.45, 7) is 4.45. The molecule has 1 aromatic rings. The normalized spacial score (nSPS) is 9.27. The molecule has 0 saturated heterocycles. The van der Waals surface area contributed by atoms with Gasteiger partial charge in [0.2, 0.25) is 5.91 Å². The zero-order valence-electron chi connectivity index (χ0n) is 9.04. The molecule has 84 valence electrons. The lowest BCUT2D eigenvalue weighted by Crippen LogP contribution is -2.16. The summed E-state index contributed by atoms with van der Waals surface area (Å²) in [4.78, 5) is 11.2. The van der Waals surface area contributed by atoms with Gasteiger partial charge in [0.25, 0.3) is 0 Å². The van der Waals surface area contributed by atoms with E-state index in [4.69, 9.17) is 5.73 Å². The Balaban J connectivity index is 0.00000196. The number of carbonyl (C=O) groups is 1. The van der Waals surface area contributed by atoms with Crippen LogP contribution >= 0.6 is 12.4 Å². The molecule has 4 heteroatoms. The molecule has 0 heterocycles. The van der Waals surface area contributed by atoms with Crippen molar-refractivity contribution in [3.8, 4) is 0 Å². The SMILES string of the molecule is Cc1ccc(NC(=O)CCN)cc1C.Cl. The maximum Gasteiger partial charge on any atom is 0.225 e. The van der Waals surface area contributed by atoms with E-state index in [1.165, 1.54) is 11.1 Å². The number of halogens is 1. The second-order valence-corrected chi connectivity index (χ2v) is 3.39. The third-order valence-electron chi connectivity index (χ3n) is 2.16. The minimum absolute atomic E-state index is 0. The van der Waals surface area contributed by atoms with Gasteiger partial charge >= 0.3 is 0 Å². The van der Waals surface area contributed by atoms with Crippen LogP contribution in [0.15, 0.2) is 18.2 Å². The van der Waals surface area contributed by atoms with Gasteiger partial charge in [-0.2, -0.15) is 0 Å². The van der Waals surface area contributed by atoms with E-state index in [2.05, 4.69) is 5.32 Å². The monoisotopic (exact) mass is 228 g/mol. The molecule has 1 aromatic carbocycles. The van der Waals surface area contributed by atoms with E-state index in [-0.39, 0.29) is 18.3 Å². The standard InChI is InChI=1S/C11H16N2O.ClH/c1-8-3-4-10(7-9(8)2)13-11(14)5-6-12;/h3-4,7H,5-6,12H2,1-2H3,(H,13,14);1H. The van der Waals surface area contributed by atoms with Gasteiger partial charge in [0.15, 0.2) is 0 Å². The zero-order valence-corrected chi connectivity index (χ0v) is 9.86. The number of nitrogens with one attached hydrogen (secondary N) is 1. The number of hydrogen-bond donors (Lipinski definition) is 2. The fraction of sp³-hybridized carbons (Fsp3) is 0.364. The lowest BCUT2D eigenvalue weighted by Gasteiger charge is -2.06. The summed E-state index contributed by atoms with van der Waals surface area (Å²) in [7, 11) is 0. The molecule has 1 rings (SSSR count). The Morgan fingerprint density at radius 3 is 2.53 bits per heavy atom. The molecule has 15 heavy (non-hydrogen) atoms. The first-order chi connectivity index (χ1) is 6.63. The number of rotatable bonds is 3. The molecule has 0 atom stereocenters. The van der Waals surface area contributed by atoms with Crippen molar-refractivity contribution in [2.24, 2.45) is 5.73 Å². The van der Waals surface area contributed by atoms with Gasteiger partial charge in [-0.3, -0.25) is 4.79 Å². The number of anilines is 1. The highest BCUT2D eigenvalue weighted by Crippen LogP contribution is 2.14. The van der Waals surface area contributed by atoms with Crippen LogP contribution in [0.3, 0.4) is 0 Å². The molecular formula is C11H17ClN2O. The molecule has 0 aromatic heterocycles. The Labute approximate surface area is 96.5 Å². The topological polar surface area (TPSA) is 55.1 Å². The maximum atomic E-state index is 11.2. The van der Waals surface area contributed by atoms with Gasteiger partial charge in [0.1, 0.15) is 0 Å². The highest BCUT2D eigenvalue weighted by Gasteiger charge is 2.01. The second kappa shape index (κ2) is 6.43. The number of benzene rings is 1.